The van der Waals surface area contributed by atoms with Crippen LogP contribution in [-0.4, -0.2) is 23.9 Å². The number of nitrogens with one attached hydrogen (secondary N) is 1. The summed E-state index contributed by atoms with van der Waals surface area (Å²) >= 11 is 3.48. The Morgan fingerprint density at radius 2 is 1.84 bits per heavy atom. The molecule has 1 amide bonds. The molecule has 2 aromatic rings. The molecular formula is C21H25BrN2O. The molecule has 4 heteroatoms. The van der Waals surface area contributed by atoms with Crippen LogP contribution in [0.3, 0.4) is 0 Å². The van der Waals surface area contributed by atoms with E-state index in [0.717, 1.165) is 28.2 Å². The summed E-state index contributed by atoms with van der Waals surface area (Å²) in [5.41, 5.74) is 3.88. The van der Waals surface area contributed by atoms with Gasteiger partial charge in [0.05, 0.1) is 0 Å². The molecule has 0 aliphatic carbocycles. The van der Waals surface area contributed by atoms with E-state index in [0.29, 0.717) is 5.56 Å². The number of piperidine rings is 1. The van der Waals surface area contributed by atoms with Gasteiger partial charge in [-0.3, -0.25) is 9.69 Å². The average molecular weight is 401 g/mol. The van der Waals surface area contributed by atoms with Crippen molar-refractivity contribution < 1.29 is 4.79 Å². The standard InChI is InChI=1S/C21H25BrN2O/c1-15-9-11-24(12-10-15)14-17-3-5-18(6-4-17)21(25)23-19-7-8-20(22)16(2)13-19/h3-8,13,15H,9-12,14H2,1-2H3,(H,23,25). The van der Waals surface area contributed by atoms with E-state index >= 15 is 0 Å². The van der Waals surface area contributed by atoms with Gasteiger partial charge < -0.3 is 5.32 Å². The number of carbonyl (C=O) groups is 1. The highest BCUT2D eigenvalue weighted by molar-refractivity contribution is 9.10. The highest BCUT2D eigenvalue weighted by Gasteiger charge is 2.15. The first-order chi connectivity index (χ1) is 12.0. The van der Waals surface area contributed by atoms with Crippen molar-refractivity contribution in [2.45, 2.75) is 33.2 Å². The van der Waals surface area contributed by atoms with Gasteiger partial charge in [-0.1, -0.05) is 35.0 Å². The van der Waals surface area contributed by atoms with Crippen molar-refractivity contribution in [1.82, 2.24) is 4.90 Å². The van der Waals surface area contributed by atoms with Gasteiger partial charge in [-0.15, -0.1) is 0 Å². The van der Waals surface area contributed by atoms with E-state index in [1.807, 2.05) is 37.3 Å². The largest absolute Gasteiger partial charge is 0.322 e. The monoisotopic (exact) mass is 400 g/mol. The number of anilines is 1. The van der Waals surface area contributed by atoms with E-state index in [9.17, 15) is 4.79 Å². The van der Waals surface area contributed by atoms with Gasteiger partial charge in [0.25, 0.3) is 5.91 Å². The molecule has 1 N–H and O–H groups in total. The fraction of sp³-hybridized carbons (Fsp3) is 0.381. The Morgan fingerprint density at radius 3 is 2.48 bits per heavy atom. The quantitative estimate of drug-likeness (QED) is 0.760. The lowest BCUT2D eigenvalue weighted by Crippen LogP contribution is -2.32. The zero-order valence-electron chi connectivity index (χ0n) is 14.9. The third-order valence-corrected chi connectivity index (χ3v) is 5.80. The number of halogens is 1. The Hall–Kier alpha value is -1.65. The lowest BCUT2D eigenvalue weighted by atomic mass is 9.99. The molecule has 25 heavy (non-hydrogen) atoms. The lowest BCUT2D eigenvalue weighted by Gasteiger charge is -2.30. The van der Waals surface area contributed by atoms with Crippen molar-refractivity contribution in [3.05, 3.63) is 63.6 Å². The van der Waals surface area contributed by atoms with E-state index in [1.54, 1.807) is 0 Å². The molecule has 1 aliphatic rings. The zero-order chi connectivity index (χ0) is 17.8. The van der Waals surface area contributed by atoms with Gasteiger partial charge in [0.15, 0.2) is 0 Å². The van der Waals surface area contributed by atoms with Crippen LogP contribution in [0.4, 0.5) is 5.69 Å². The van der Waals surface area contributed by atoms with Gasteiger partial charge >= 0.3 is 0 Å². The maximum Gasteiger partial charge on any atom is 0.255 e. The van der Waals surface area contributed by atoms with Crippen LogP contribution in [0.25, 0.3) is 0 Å². The highest BCUT2D eigenvalue weighted by atomic mass is 79.9. The molecule has 3 rings (SSSR count). The summed E-state index contributed by atoms with van der Waals surface area (Å²) in [7, 11) is 0. The number of hydrogen-bond donors (Lipinski definition) is 1. The maximum atomic E-state index is 12.4. The normalized spacial score (nSPS) is 16.0. The van der Waals surface area contributed by atoms with Crippen LogP contribution in [-0.2, 0) is 6.54 Å². The van der Waals surface area contributed by atoms with E-state index in [4.69, 9.17) is 0 Å². The summed E-state index contributed by atoms with van der Waals surface area (Å²) in [6.45, 7) is 7.66. The van der Waals surface area contributed by atoms with Crippen molar-refractivity contribution in [2.75, 3.05) is 18.4 Å². The van der Waals surface area contributed by atoms with E-state index in [-0.39, 0.29) is 5.91 Å². The Labute approximate surface area is 158 Å². The summed E-state index contributed by atoms with van der Waals surface area (Å²) in [5, 5.41) is 2.96. The molecule has 1 saturated heterocycles. The molecule has 0 unspecified atom stereocenters. The Kier molecular flexibility index (Phi) is 5.92. The molecule has 3 nitrogen and oxygen atoms in total. The van der Waals surface area contributed by atoms with Gasteiger partial charge in [-0.05, 0) is 80.2 Å². The second-order valence-corrected chi connectivity index (χ2v) is 7.93. The van der Waals surface area contributed by atoms with Crippen LogP contribution in [0.2, 0.25) is 0 Å². The van der Waals surface area contributed by atoms with Crippen LogP contribution in [0.5, 0.6) is 0 Å². The number of aryl methyl sites for hydroxylation is 1. The maximum absolute atomic E-state index is 12.4. The SMILES string of the molecule is Cc1cc(NC(=O)c2ccc(CN3CCC(C)CC3)cc2)ccc1Br. The van der Waals surface area contributed by atoms with Crippen LogP contribution >= 0.6 is 15.9 Å². The number of hydrogen-bond acceptors (Lipinski definition) is 2. The number of carbonyl (C=O) groups excluding carboxylic acids is 1. The minimum atomic E-state index is -0.0694. The predicted octanol–water partition coefficient (Wildman–Crippen LogP) is 5.24. The molecule has 1 fully saturated rings. The van der Waals surface area contributed by atoms with Crippen molar-refractivity contribution in [1.29, 1.82) is 0 Å². The van der Waals surface area contributed by atoms with Crippen molar-refractivity contribution in [2.24, 2.45) is 5.92 Å². The smallest absolute Gasteiger partial charge is 0.255 e. The first-order valence-electron chi connectivity index (χ1n) is 8.90. The molecule has 2 aromatic carbocycles. The summed E-state index contributed by atoms with van der Waals surface area (Å²) in [6.07, 6.45) is 2.57. The minimum Gasteiger partial charge on any atom is -0.322 e. The summed E-state index contributed by atoms with van der Waals surface area (Å²) in [6, 6.07) is 13.8. The van der Waals surface area contributed by atoms with Crippen molar-refractivity contribution in [3.8, 4) is 0 Å². The minimum absolute atomic E-state index is 0.0694. The predicted molar refractivity (Wildman–Crippen MR) is 107 cm³/mol. The second kappa shape index (κ2) is 8.15. The lowest BCUT2D eigenvalue weighted by molar-refractivity contribution is 0.102. The van der Waals surface area contributed by atoms with E-state index < -0.39 is 0 Å². The molecule has 0 aromatic heterocycles. The number of amides is 1. The summed E-state index contributed by atoms with van der Waals surface area (Å²) in [5.74, 6) is 0.782. The summed E-state index contributed by atoms with van der Waals surface area (Å²) in [4.78, 5) is 14.9. The molecule has 0 bridgehead atoms. The van der Waals surface area contributed by atoms with Gasteiger partial charge in [-0.2, -0.15) is 0 Å². The molecule has 0 spiro atoms. The average Bonchev–Trinajstić information content (AvgIpc) is 2.61. The first kappa shape index (κ1) is 18.2. The Balaban J connectivity index is 1.59. The number of likely N-dealkylation sites (tertiary alicyclic amines) is 1. The molecule has 0 radical (unpaired) electrons. The van der Waals surface area contributed by atoms with Gasteiger partial charge in [0.2, 0.25) is 0 Å². The fourth-order valence-electron chi connectivity index (χ4n) is 3.17. The zero-order valence-corrected chi connectivity index (χ0v) is 16.5. The molecule has 0 saturated carbocycles. The number of rotatable bonds is 4. The molecular weight excluding hydrogens is 376 g/mol. The molecule has 1 aliphatic heterocycles. The molecule has 1 heterocycles. The Morgan fingerprint density at radius 1 is 1.16 bits per heavy atom. The first-order valence-corrected chi connectivity index (χ1v) is 9.69. The van der Waals surface area contributed by atoms with Crippen LogP contribution in [0, 0.1) is 12.8 Å². The van der Waals surface area contributed by atoms with E-state index in [2.05, 4.69) is 45.2 Å². The van der Waals surface area contributed by atoms with Gasteiger partial charge in [0.1, 0.15) is 0 Å². The van der Waals surface area contributed by atoms with E-state index in [1.165, 1.54) is 31.5 Å². The third-order valence-electron chi connectivity index (χ3n) is 4.91. The highest BCUT2D eigenvalue weighted by Crippen LogP contribution is 2.21. The number of nitrogens with zero attached hydrogens (tertiary/aromatic N) is 1. The van der Waals surface area contributed by atoms with Crippen molar-refractivity contribution >= 4 is 27.5 Å². The van der Waals surface area contributed by atoms with Crippen LogP contribution < -0.4 is 5.32 Å². The third kappa shape index (κ3) is 4.93. The topological polar surface area (TPSA) is 32.3 Å². The summed E-state index contributed by atoms with van der Waals surface area (Å²) < 4.78 is 1.04. The fourth-order valence-corrected chi connectivity index (χ4v) is 3.41. The van der Waals surface area contributed by atoms with Crippen LogP contribution in [0.15, 0.2) is 46.9 Å². The second-order valence-electron chi connectivity index (χ2n) is 7.07. The number of benzene rings is 2. The van der Waals surface area contributed by atoms with Gasteiger partial charge in [0, 0.05) is 22.3 Å². The van der Waals surface area contributed by atoms with Crippen LogP contribution in [0.1, 0.15) is 41.3 Å². The Bertz CT molecular complexity index is 734. The molecule has 0 atom stereocenters. The molecule has 132 valence electrons. The van der Waals surface area contributed by atoms with Gasteiger partial charge in [-0.25, -0.2) is 0 Å². The van der Waals surface area contributed by atoms with Crippen molar-refractivity contribution in [3.63, 3.8) is 0 Å².